The number of nitrogens with one attached hydrogen (secondary N) is 2. The summed E-state index contributed by atoms with van der Waals surface area (Å²) in [4.78, 5) is 24.1. The highest BCUT2D eigenvalue weighted by Crippen LogP contribution is 2.40. The Morgan fingerprint density at radius 3 is 2.68 bits per heavy atom. The van der Waals surface area contributed by atoms with Crippen molar-refractivity contribution in [2.24, 2.45) is 5.92 Å². The molecule has 3 amide bonds. The molecule has 2 aliphatic carbocycles. The number of urea groups is 1. The standard InChI is InChI=1S/C21H28FN3O5S/c22-17-8-6-15-16(20(17)30-13-14-4-5-14)7-9-18(15)24-31(28,29)11-3-1-2-10-25-12-19(26)23-21(25)27/h6,8,14,18,24H,1-5,7,9-13H2,(H,23,26,27)/t18-/m1/s1. The predicted molar refractivity (Wildman–Crippen MR) is 112 cm³/mol. The second-order valence-corrected chi connectivity index (χ2v) is 10.4. The number of imide groups is 1. The molecule has 1 aromatic rings. The van der Waals surface area contributed by atoms with Crippen molar-refractivity contribution in [2.45, 2.75) is 51.0 Å². The highest BCUT2D eigenvalue weighted by Gasteiger charge is 2.31. The molecule has 1 saturated heterocycles. The lowest BCUT2D eigenvalue weighted by Gasteiger charge is -2.16. The molecule has 0 radical (unpaired) electrons. The lowest BCUT2D eigenvalue weighted by atomic mass is 10.1. The van der Waals surface area contributed by atoms with E-state index in [-0.39, 0.29) is 30.0 Å². The summed E-state index contributed by atoms with van der Waals surface area (Å²) in [6.45, 7) is 1.000. The molecule has 0 spiro atoms. The molecule has 10 heteroatoms. The minimum Gasteiger partial charge on any atom is -0.490 e. The van der Waals surface area contributed by atoms with Crippen molar-refractivity contribution in [3.63, 3.8) is 0 Å². The molecule has 0 unspecified atom stereocenters. The minimum absolute atomic E-state index is 0.0177. The molecule has 1 aliphatic heterocycles. The molecule has 170 valence electrons. The maximum absolute atomic E-state index is 14.3. The summed E-state index contributed by atoms with van der Waals surface area (Å²) in [6.07, 6.45) is 5.10. The molecule has 1 saturated carbocycles. The predicted octanol–water partition coefficient (Wildman–Crippen LogP) is 2.24. The molecule has 31 heavy (non-hydrogen) atoms. The van der Waals surface area contributed by atoms with Gasteiger partial charge in [0.15, 0.2) is 11.6 Å². The number of carbonyl (C=O) groups excluding carboxylic acids is 2. The topological polar surface area (TPSA) is 105 Å². The van der Waals surface area contributed by atoms with Gasteiger partial charge in [0, 0.05) is 18.2 Å². The number of amides is 3. The lowest BCUT2D eigenvalue weighted by Crippen LogP contribution is -2.30. The Labute approximate surface area is 181 Å². The number of rotatable bonds is 11. The molecule has 4 rings (SSSR count). The average Bonchev–Trinajstić information content (AvgIpc) is 3.37. The number of carbonyl (C=O) groups is 2. The number of benzene rings is 1. The number of nitrogens with zero attached hydrogens (tertiary/aromatic N) is 1. The summed E-state index contributed by atoms with van der Waals surface area (Å²) in [5.74, 6) is 0.0589. The van der Waals surface area contributed by atoms with E-state index in [9.17, 15) is 22.4 Å². The van der Waals surface area contributed by atoms with Crippen molar-refractivity contribution in [3.05, 3.63) is 29.1 Å². The van der Waals surface area contributed by atoms with Crippen LogP contribution < -0.4 is 14.8 Å². The summed E-state index contributed by atoms with van der Waals surface area (Å²) < 4.78 is 47.8. The van der Waals surface area contributed by atoms with Gasteiger partial charge in [0.2, 0.25) is 15.9 Å². The SMILES string of the molecule is O=C1CN(CCCCCS(=O)(=O)N[C@@H]2CCc3c2ccc(F)c3OCC2CC2)C(=O)N1. The molecule has 1 heterocycles. The molecule has 0 aromatic heterocycles. The van der Waals surface area contributed by atoms with Crippen LogP contribution in [0.15, 0.2) is 12.1 Å². The molecule has 0 bridgehead atoms. The van der Waals surface area contributed by atoms with Gasteiger partial charge in [-0.05, 0) is 56.1 Å². The van der Waals surface area contributed by atoms with Crippen molar-refractivity contribution >= 4 is 22.0 Å². The van der Waals surface area contributed by atoms with Gasteiger partial charge >= 0.3 is 6.03 Å². The van der Waals surface area contributed by atoms with Gasteiger partial charge in [-0.3, -0.25) is 10.1 Å². The van der Waals surface area contributed by atoms with E-state index in [4.69, 9.17) is 4.74 Å². The van der Waals surface area contributed by atoms with Crippen molar-refractivity contribution in [2.75, 3.05) is 25.4 Å². The van der Waals surface area contributed by atoms with Crippen LogP contribution >= 0.6 is 0 Å². The van der Waals surface area contributed by atoms with Crippen LogP contribution in [-0.4, -0.2) is 50.7 Å². The minimum atomic E-state index is -3.50. The van der Waals surface area contributed by atoms with Crippen molar-refractivity contribution in [1.82, 2.24) is 14.9 Å². The largest absolute Gasteiger partial charge is 0.490 e. The molecule has 1 aromatic carbocycles. The van der Waals surface area contributed by atoms with Gasteiger partial charge in [-0.25, -0.2) is 22.3 Å². The number of hydrogen-bond donors (Lipinski definition) is 2. The van der Waals surface area contributed by atoms with Gasteiger partial charge in [-0.1, -0.05) is 12.5 Å². The van der Waals surface area contributed by atoms with Crippen LogP contribution in [0.25, 0.3) is 0 Å². The third-order valence-electron chi connectivity index (χ3n) is 6.00. The zero-order valence-electron chi connectivity index (χ0n) is 17.4. The second-order valence-electron chi connectivity index (χ2n) is 8.56. The molecular weight excluding hydrogens is 425 g/mol. The van der Waals surface area contributed by atoms with E-state index in [2.05, 4.69) is 10.0 Å². The number of halogens is 1. The van der Waals surface area contributed by atoms with Crippen molar-refractivity contribution in [3.8, 4) is 5.75 Å². The van der Waals surface area contributed by atoms with Gasteiger partial charge in [0.25, 0.3) is 0 Å². The van der Waals surface area contributed by atoms with E-state index in [1.807, 2.05) is 0 Å². The number of unbranched alkanes of at least 4 members (excludes halogenated alkanes) is 2. The Bertz CT molecular complexity index is 964. The Hall–Kier alpha value is -2.20. The first kappa shape index (κ1) is 22.0. The van der Waals surface area contributed by atoms with Crippen LogP contribution in [0, 0.1) is 11.7 Å². The van der Waals surface area contributed by atoms with E-state index in [1.54, 1.807) is 6.07 Å². The van der Waals surface area contributed by atoms with E-state index >= 15 is 0 Å². The maximum Gasteiger partial charge on any atom is 0.324 e. The average molecular weight is 454 g/mol. The van der Waals surface area contributed by atoms with Gasteiger partial charge in [-0.2, -0.15) is 0 Å². The molecule has 2 N–H and O–H groups in total. The zero-order valence-corrected chi connectivity index (χ0v) is 18.2. The smallest absolute Gasteiger partial charge is 0.324 e. The van der Waals surface area contributed by atoms with Crippen LogP contribution in [0.2, 0.25) is 0 Å². The Kier molecular flexibility index (Phi) is 6.47. The van der Waals surface area contributed by atoms with Crippen LogP contribution in [0.4, 0.5) is 9.18 Å². The van der Waals surface area contributed by atoms with Crippen molar-refractivity contribution in [1.29, 1.82) is 0 Å². The van der Waals surface area contributed by atoms with E-state index in [0.29, 0.717) is 51.2 Å². The van der Waals surface area contributed by atoms with Gasteiger partial charge in [0.1, 0.15) is 6.54 Å². The first-order valence-corrected chi connectivity index (χ1v) is 12.5. The third-order valence-corrected chi connectivity index (χ3v) is 7.47. The van der Waals surface area contributed by atoms with Crippen LogP contribution in [0.3, 0.4) is 0 Å². The number of sulfonamides is 1. The first-order chi connectivity index (χ1) is 14.8. The van der Waals surface area contributed by atoms with Crippen molar-refractivity contribution < 1.29 is 27.1 Å². The van der Waals surface area contributed by atoms with E-state index < -0.39 is 21.9 Å². The first-order valence-electron chi connectivity index (χ1n) is 10.9. The summed E-state index contributed by atoms with van der Waals surface area (Å²) in [7, 11) is -3.50. The van der Waals surface area contributed by atoms with Crippen LogP contribution in [0.1, 0.15) is 55.7 Å². The Morgan fingerprint density at radius 1 is 1.16 bits per heavy atom. The number of ether oxygens (including phenoxy) is 1. The fourth-order valence-electron chi connectivity index (χ4n) is 4.12. The highest BCUT2D eigenvalue weighted by atomic mass is 32.2. The van der Waals surface area contributed by atoms with Gasteiger partial charge in [-0.15, -0.1) is 0 Å². The Balaban J connectivity index is 1.26. The summed E-state index contributed by atoms with van der Waals surface area (Å²) >= 11 is 0. The Morgan fingerprint density at radius 2 is 1.97 bits per heavy atom. The normalized spacial score (nSPS) is 20.8. The fourth-order valence-corrected chi connectivity index (χ4v) is 5.50. The fraction of sp³-hybridized carbons (Fsp3) is 0.619. The quantitative estimate of drug-likeness (QED) is 0.395. The van der Waals surface area contributed by atoms with E-state index in [1.165, 1.54) is 11.0 Å². The summed E-state index contributed by atoms with van der Waals surface area (Å²) in [5, 5.41) is 2.21. The molecular formula is C21H28FN3O5S. The van der Waals surface area contributed by atoms with E-state index in [0.717, 1.165) is 24.0 Å². The van der Waals surface area contributed by atoms with Gasteiger partial charge < -0.3 is 9.64 Å². The molecule has 8 nitrogen and oxygen atoms in total. The third kappa shape index (κ3) is 5.54. The lowest BCUT2D eigenvalue weighted by molar-refractivity contribution is -0.118. The zero-order chi connectivity index (χ0) is 22.0. The van der Waals surface area contributed by atoms with Crippen LogP contribution in [-0.2, 0) is 21.2 Å². The number of fused-ring (bicyclic) bond motifs is 1. The summed E-state index contributed by atoms with van der Waals surface area (Å²) in [6, 6.07) is 2.24. The monoisotopic (exact) mass is 453 g/mol. The summed E-state index contributed by atoms with van der Waals surface area (Å²) in [5.41, 5.74) is 1.56. The highest BCUT2D eigenvalue weighted by molar-refractivity contribution is 7.89. The number of hydrogen-bond acceptors (Lipinski definition) is 5. The molecule has 2 fully saturated rings. The maximum atomic E-state index is 14.3. The van der Waals surface area contributed by atoms with Crippen LogP contribution in [0.5, 0.6) is 5.75 Å². The van der Waals surface area contributed by atoms with Gasteiger partial charge in [0.05, 0.1) is 12.4 Å². The molecule has 1 atom stereocenters. The molecule has 3 aliphatic rings. The second kappa shape index (κ2) is 9.12.